The van der Waals surface area contributed by atoms with Gasteiger partial charge in [0.05, 0.1) is 0 Å². The van der Waals surface area contributed by atoms with Crippen LogP contribution in [0.2, 0.25) is 0 Å². The summed E-state index contributed by atoms with van der Waals surface area (Å²) in [6, 6.07) is 11.6. The van der Waals surface area contributed by atoms with Crippen molar-refractivity contribution in [2.24, 2.45) is 5.92 Å². The van der Waals surface area contributed by atoms with E-state index in [0.717, 1.165) is 23.6 Å². The molecule has 5 heteroatoms. The lowest BCUT2D eigenvalue weighted by molar-refractivity contribution is -0.275. The normalized spacial score (nSPS) is 19.4. The Hall–Kier alpha value is -2.04. The second-order valence-electron chi connectivity index (χ2n) is 8.74. The molecule has 0 aromatic heterocycles. The summed E-state index contributed by atoms with van der Waals surface area (Å²) in [4.78, 5) is 0. The van der Waals surface area contributed by atoms with Crippen molar-refractivity contribution in [3.05, 3.63) is 53.8 Å². The Kier molecular flexibility index (Phi) is 8.39. The van der Waals surface area contributed by atoms with Crippen molar-refractivity contribution in [2.75, 3.05) is 0 Å². The van der Waals surface area contributed by atoms with E-state index in [-0.39, 0.29) is 0 Å². The fourth-order valence-corrected chi connectivity index (χ4v) is 4.66. The van der Waals surface area contributed by atoms with Crippen molar-refractivity contribution in [1.82, 2.24) is 0 Å². The molecule has 1 aliphatic carbocycles. The molecule has 0 aliphatic heterocycles. The van der Waals surface area contributed by atoms with Crippen LogP contribution in [-0.2, 0) is 0 Å². The van der Waals surface area contributed by atoms with Gasteiger partial charge in [0.1, 0.15) is 0 Å². The molecule has 0 N–H and O–H groups in total. The first-order valence-corrected chi connectivity index (χ1v) is 11.5. The quantitative estimate of drug-likeness (QED) is 0.281. The molecule has 1 nitrogen and oxygen atoms in total. The smallest absolute Gasteiger partial charge is 0.403 e. The molecule has 0 bridgehead atoms. The fraction of sp³-hybridized carbons (Fsp3) is 0.538. The lowest BCUT2D eigenvalue weighted by Gasteiger charge is -2.29. The van der Waals surface area contributed by atoms with Crippen LogP contribution in [0.1, 0.15) is 82.6 Å². The lowest BCUT2D eigenvalue weighted by atomic mass is 9.77. The standard InChI is InChI=1S/C26H32F4O/c1-2-3-4-5-6-7-19-8-10-20(11-9-19)21-12-14-22(15-13-21)23-16-17-25(24(27)18-23)31-26(28,29)30/h12-20H,2-11H2,1H3/t19-,20-. The van der Waals surface area contributed by atoms with Gasteiger partial charge in [-0.1, -0.05) is 75.8 Å². The van der Waals surface area contributed by atoms with Gasteiger partial charge in [0.2, 0.25) is 0 Å². The summed E-state index contributed by atoms with van der Waals surface area (Å²) in [7, 11) is 0. The maximum absolute atomic E-state index is 14.0. The van der Waals surface area contributed by atoms with Gasteiger partial charge in [0.15, 0.2) is 11.6 Å². The van der Waals surface area contributed by atoms with Crippen LogP contribution >= 0.6 is 0 Å². The third kappa shape index (κ3) is 7.26. The van der Waals surface area contributed by atoms with E-state index in [1.807, 2.05) is 12.1 Å². The summed E-state index contributed by atoms with van der Waals surface area (Å²) in [5.74, 6) is -0.413. The maximum Gasteiger partial charge on any atom is 0.573 e. The third-order valence-electron chi connectivity index (χ3n) is 6.44. The van der Waals surface area contributed by atoms with Crippen LogP contribution in [0.3, 0.4) is 0 Å². The number of ether oxygens (including phenoxy) is 1. The van der Waals surface area contributed by atoms with Crippen molar-refractivity contribution in [3.8, 4) is 16.9 Å². The molecular formula is C26H32F4O. The Bertz CT molecular complexity index is 805. The van der Waals surface area contributed by atoms with E-state index in [2.05, 4.69) is 23.8 Å². The summed E-state index contributed by atoms with van der Waals surface area (Å²) in [6.45, 7) is 2.25. The van der Waals surface area contributed by atoms with Gasteiger partial charge in [-0.25, -0.2) is 4.39 Å². The highest BCUT2D eigenvalue weighted by molar-refractivity contribution is 5.64. The molecule has 0 saturated heterocycles. The van der Waals surface area contributed by atoms with E-state index in [1.54, 1.807) is 0 Å². The second kappa shape index (κ2) is 11.0. The molecule has 31 heavy (non-hydrogen) atoms. The molecule has 1 aliphatic rings. The largest absolute Gasteiger partial charge is 0.573 e. The predicted octanol–water partition coefficient (Wildman–Crippen LogP) is 9.03. The first-order valence-electron chi connectivity index (χ1n) is 11.5. The molecule has 0 amide bonds. The highest BCUT2D eigenvalue weighted by Crippen LogP contribution is 2.38. The van der Waals surface area contributed by atoms with E-state index in [4.69, 9.17) is 0 Å². The number of rotatable bonds is 9. The number of hydrogen-bond acceptors (Lipinski definition) is 1. The minimum Gasteiger partial charge on any atom is -0.403 e. The summed E-state index contributed by atoms with van der Waals surface area (Å²) in [6.07, 6.45) is 8.14. The average molecular weight is 437 g/mol. The van der Waals surface area contributed by atoms with E-state index in [0.29, 0.717) is 11.5 Å². The molecule has 0 heterocycles. The Morgan fingerprint density at radius 1 is 0.839 bits per heavy atom. The molecule has 1 saturated carbocycles. The van der Waals surface area contributed by atoms with Crippen LogP contribution in [0.4, 0.5) is 17.6 Å². The summed E-state index contributed by atoms with van der Waals surface area (Å²) < 4.78 is 54.6. The van der Waals surface area contributed by atoms with Crippen molar-refractivity contribution >= 4 is 0 Å². The van der Waals surface area contributed by atoms with Crippen molar-refractivity contribution in [2.45, 2.75) is 83.4 Å². The van der Waals surface area contributed by atoms with Gasteiger partial charge in [-0.15, -0.1) is 13.2 Å². The lowest BCUT2D eigenvalue weighted by Crippen LogP contribution is -2.17. The summed E-state index contributed by atoms with van der Waals surface area (Å²) in [5.41, 5.74) is 2.61. The minimum atomic E-state index is -4.90. The molecule has 2 aromatic rings. The zero-order valence-corrected chi connectivity index (χ0v) is 18.2. The Morgan fingerprint density at radius 2 is 1.48 bits per heavy atom. The molecule has 0 radical (unpaired) electrons. The number of alkyl halides is 3. The van der Waals surface area contributed by atoms with Crippen molar-refractivity contribution in [1.29, 1.82) is 0 Å². The van der Waals surface area contributed by atoms with Crippen LogP contribution in [0, 0.1) is 11.7 Å². The van der Waals surface area contributed by atoms with Crippen LogP contribution in [-0.4, -0.2) is 6.36 Å². The van der Waals surface area contributed by atoms with Gasteiger partial charge >= 0.3 is 6.36 Å². The van der Waals surface area contributed by atoms with Gasteiger partial charge in [0, 0.05) is 0 Å². The SMILES string of the molecule is CCCCCCC[C@H]1CC[C@H](c2ccc(-c3ccc(OC(F)(F)F)c(F)c3)cc2)CC1. The number of benzene rings is 2. The Balaban J connectivity index is 1.52. The monoisotopic (exact) mass is 436 g/mol. The first-order chi connectivity index (χ1) is 14.9. The maximum atomic E-state index is 14.0. The first kappa shape index (κ1) is 23.6. The van der Waals surface area contributed by atoms with Gasteiger partial charge in [-0.2, -0.15) is 0 Å². The second-order valence-corrected chi connectivity index (χ2v) is 8.74. The number of halogens is 4. The van der Waals surface area contributed by atoms with Crippen LogP contribution in [0.25, 0.3) is 11.1 Å². The number of hydrogen-bond donors (Lipinski definition) is 0. The van der Waals surface area contributed by atoms with Crippen LogP contribution in [0.5, 0.6) is 5.75 Å². The molecule has 0 spiro atoms. The molecule has 1 fully saturated rings. The Morgan fingerprint density at radius 3 is 2.10 bits per heavy atom. The number of unbranched alkanes of at least 4 members (excludes halogenated alkanes) is 4. The fourth-order valence-electron chi connectivity index (χ4n) is 4.66. The Labute approximate surface area is 182 Å². The van der Waals surface area contributed by atoms with Gasteiger partial charge in [0.25, 0.3) is 0 Å². The van der Waals surface area contributed by atoms with Gasteiger partial charge in [-0.05, 0) is 66.3 Å². The predicted molar refractivity (Wildman–Crippen MR) is 117 cm³/mol. The summed E-state index contributed by atoms with van der Waals surface area (Å²) >= 11 is 0. The molecule has 0 unspecified atom stereocenters. The highest BCUT2D eigenvalue weighted by Gasteiger charge is 2.32. The molecule has 2 aromatic carbocycles. The van der Waals surface area contributed by atoms with Crippen LogP contribution in [0.15, 0.2) is 42.5 Å². The third-order valence-corrected chi connectivity index (χ3v) is 6.44. The zero-order chi connectivity index (χ0) is 22.3. The van der Waals surface area contributed by atoms with E-state index < -0.39 is 17.9 Å². The van der Waals surface area contributed by atoms with E-state index >= 15 is 0 Å². The zero-order valence-electron chi connectivity index (χ0n) is 18.2. The molecule has 170 valence electrons. The van der Waals surface area contributed by atoms with Crippen LogP contribution < -0.4 is 4.74 Å². The van der Waals surface area contributed by atoms with Crippen molar-refractivity contribution in [3.63, 3.8) is 0 Å². The molecule has 3 rings (SSSR count). The minimum absolute atomic E-state index is 0.533. The van der Waals surface area contributed by atoms with E-state index in [1.165, 1.54) is 75.8 Å². The molecular weight excluding hydrogens is 404 g/mol. The summed E-state index contributed by atoms with van der Waals surface area (Å²) in [5, 5.41) is 0. The van der Waals surface area contributed by atoms with Crippen molar-refractivity contribution < 1.29 is 22.3 Å². The average Bonchev–Trinajstić information content (AvgIpc) is 2.75. The molecule has 0 atom stereocenters. The van der Waals surface area contributed by atoms with Gasteiger partial charge < -0.3 is 4.74 Å². The van der Waals surface area contributed by atoms with E-state index in [9.17, 15) is 17.6 Å². The van der Waals surface area contributed by atoms with Gasteiger partial charge in [-0.3, -0.25) is 0 Å². The topological polar surface area (TPSA) is 9.23 Å². The highest BCUT2D eigenvalue weighted by atomic mass is 19.4.